The molecule has 4 heteroatoms. The monoisotopic (exact) mass is 343 g/mol. The standard InChI is InChI=1S/C21H28N3O/c1-13-8-10-16-17-11-9-14(2)22-20(17)25-19(16)18(13)23-15(3)24(6,7)12-21(23,4)5/h8-11,15H,12H2,1-7H3/q+1/i6D3,12D2. The van der Waals surface area contributed by atoms with E-state index in [-0.39, 0.29) is 0 Å². The minimum absolute atomic E-state index is 0.526. The summed E-state index contributed by atoms with van der Waals surface area (Å²) in [5.41, 5.74) is 2.48. The van der Waals surface area contributed by atoms with Crippen LogP contribution in [0.15, 0.2) is 28.7 Å². The number of aromatic nitrogens is 1. The van der Waals surface area contributed by atoms with E-state index in [1.165, 1.54) is 7.05 Å². The smallest absolute Gasteiger partial charge is 0.227 e. The Morgan fingerprint density at radius 2 is 2.00 bits per heavy atom. The summed E-state index contributed by atoms with van der Waals surface area (Å²) in [6.07, 6.45) is -0.658. The summed E-state index contributed by atoms with van der Waals surface area (Å²) in [6.45, 7) is 4.57. The van der Waals surface area contributed by atoms with E-state index < -0.39 is 29.7 Å². The Morgan fingerprint density at radius 1 is 1.28 bits per heavy atom. The summed E-state index contributed by atoms with van der Waals surface area (Å²) in [5, 5.41) is 1.77. The number of quaternary nitrogens is 1. The number of rotatable bonds is 1. The first kappa shape index (κ1) is 11.5. The molecule has 1 fully saturated rings. The highest BCUT2D eigenvalue weighted by Gasteiger charge is 2.51. The zero-order valence-electron chi connectivity index (χ0n) is 20.6. The second-order valence-corrected chi connectivity index (χ2v) is 7.76. The van der Waals surface area contributed by atoms with Crippen LogP contribution in [0.25, 0.3) is 22.1 Å². The van der Waals surface area contributed by atoms with Gasteiger partial charge in [-0.25, -0.2) is 4.98 Å². The van der Waals surface area contributed by atoms with Gasteiger partial charge < -0.3 is 13.8 Å². The van der Waals surface area contributed by atoms with Gasteiger partial charge in [-0.2, -0.15) is 0 Å². The van der Waals surface area contributed by atoms with E-state index in [9.17, 15) is 0 Å². The minimum Gasteiger partial charge on any atom is -0.435 e. The highest BCUT2D eigenvalue weighted by Crippen LogP contribution is 2.44. The van der Waals surface area contributed by atoms with Crippen LogP contribution in [0.1, 0.15) is 38.9 Å². The summed E-state index contributed by atoms with van der Waals surface area (Å²) in [5.74, 6) is 0. The molecule has 0 saturated carbocycles. The Hall–Kier alpha value is -2.07. The molecule has 1 aromatic carbocycles. The first-order valence-corrected chi connectivity index (χ1v) is 8.61. The lowest BCUT2D eigenvalue weighted by atomic mass is 10.0. The van der Waals surface area contributed by atoms with Crippen molar-refractivity contribution in [3.8, 4) is 0 Å². The molecule has 0 radical (unpaired) electrons. The number of anilines is 1. The highest BCUT2D eigenvalue weighted by molar-refractivity contribution is 6.08. The molecule has 0 N–H and O–H groups in total. The number of hydrogen-bond donors (Lipinski definition) is 0. The lowest BCUT2D eigenvalue weighted by molar-refractivity contribution is -0.900. The van der Waals surface area contributed by atoms with Gasteiger partial charge in [0.05, 0.1) is 32.1 Å². The molecule has 1 aliphatic heterocycles. The summed E-state index contributed by atoms with van der Waals surface area (Å²) in [6, 6.07) is 7.86. The third kappa shape index (κ3) is 2.27. The summed E-state index contributed by atoms with van der Waals surface area (Å²) in [4.78, 5) is 6.40. The van der Waals surface area contributed by atoms with Crippen LogP contribution in [0, 0.1) is 13.8 Å². The first-order chi connectivity index (χ1) is 13.7. The maximum atomic E-state index is 8.92. The molecule has 4 nitrogen and oxygen atoms in total. The number of likely N-dealkylation sites (N-methyl/N-ethyl adjacent to an activating group) is 1. The van der Waals surface area contributed by atoms with Gasteiger partial charge >= 0.3 is 0 Å². The second kappa shape index (κ2) is 4.98. The predicted molar refractivity (Wildman–Crippen MR) is 104 cm³/mol. The number of aryl methyl sites for hydroxylation is 2. The van der Waals surface area contributed by atoms with Crippen LogP contribution in [-0.4, -0.2) is 41.7 Å². The predicted octanol–water partition coefficient (Wildman–Crippen LogP) is 4.62. The Morgan fingerprint density at radius 3 is 2.68 bits per heavy atom. The molecule has 3 aromatic rings. The maximum Gasteiger partial charge on any atom is 0.227 e. The van der Waals surface area contributed by atoms with Gasteiger partial charge in [-0.05, 0) is 45.4 Å². The zero-order valence-corrected chi connectivity index (χ0v) is 15.6. The fourth-order valence-electron chi connectivity index (χ4n) is 4.08. The maximum absolute atomic E-state index is 8.92. The quantitative estimate of drug-likeness (QED) is 0.604. The van der Waals surface area contributed by atoms with E-state index >= 15 is 0 Å². The average molecular weight is 344 g/mol. The Balaban J connectivity index is 2.07. The molecule has 132 valence electrons. The molecule has 0 amide bonds. The van der Waals surface area contributed by atoms with Crippen LogP contribution in [0.4, 0.5) is 5.69 Å². The van der Waals surface area contributed by atoms with Gasteiger partial charge in [-0.15, -0.1) is 0 Å². The molecule has 3 heterocycles. The average Bonchev–Trinajstić information content (AvgIpc) is 3.02. The van der Waals surface area contributed by atoms with Crippen molar-refractivity contribution in [2.45, 2.75) is 46.3 Å². The van der Waals surface area contributed by atoms with Crippen molar-refractivity contribution in [2.24, 2.45) is 0 Å². The van der Waals surface area contributed by atoms with Crippen LogP contribution in [-0.2, 0) is 0 Å². The summed E-state index contributed by atoms with van der Waals surface area (Å²) >= 11 is 0. The molecule has 25 heavy (non-hydrogen) atoms. The van der Waals surface area contributed by atoms with Crippen molar-refractivity contribution in [1.82, 2.24) is 4.98 Å². The zero-order chi connectivity index (χ0) is 22.4. The number of hydrogen-bond acceptors (Lipinski definition) is 3. The lowest BCUT2D eigenvalue weighted by Gasteiger charge is -2.35. The SMILES string of the molecule is [2H]C([2H])([2H])[N+]1(C)C(C)N(c2c(C)ccc3c2oc2nc(C)ccc23)C(C)(C)C1([2H])[2H]. The molecular weight excluding hydrogens is 310 g/mol. The topological polar surface area (TPSA) is 29.3 Å². The molecule has 2 aromatic heterocycles. The van der Waals surface area contributed by atoms with Crippen LogP contribution >= 0.6 is 0 Å². The van der Waals surface area contributed by atoms with Gasteiger partial charge in [0.25, 0.3) is 0 Å². The Kier molecular flexibility index (Phi) is 2.30. The number of fused-ring (bicyclic) bond motifs is 3. The number of benzene rings is 1. The fraction of sp³-hybridized carbons (Fsp3) is 0.476. The van der Waals surface area contributed by atoms with E-state index in [1.807, 2.05) is 43.0 Å². The molecule has 0 bridgehead atoms. The molecule has 0 aliphatic carbocycles. The van der Waals surface area contributed by atoms with Gasteiger partial charge in [0.2, 0.25) is 5.71 Å². The third-order valence-corrected chi connectivity index (χ3v) is 5.29. The van der Waals surface area contributed by atoms with Gasteiger partial charge in [0.15, 0.2) is 11.7 Å². The first-order valence-electron chi connectivity index (χ1n) is 11.1. The number of pyridine rings is 1. The molecule has 0 spiro atoms. The Bertz CT molecular complexity index is 1170. The lowest BCUT2D eigenvalue weighted by Crippen LogP contribution is -2.48. The fourth-order valence-corrected chi connectivity index (χ4v) is 4.08. The van der Waals surface area contributed by atoms with E-state index in [1.54, 1.807) is 20.8 Å². The molecular formula is C21H28N3O+. The normalized spacial score (nSPS) is 31.5. The van der Waals surface area contributed by atoms with Gasteiger partial charge in [-0.3, -0.25) is 0 Å². The molecule has 1 saturated heterocycles. The minimum atomic E-state index is -2.54. The van der Waals surface area contributed by atoms with E-state index in [2.05, 4.69) is 4.98 Å². The number of furan rings is 1. The third-order valence-electron chi connectivity index (χ3n) is 5.29. The van der Waals surface area contributed by atoms with Crippen molar-refractivity contribution in [1.29, 1.82) is 0 Å². The molecule has 2 unspecified atom stereocenters. The van der Waals surface area contributed by atoms with Crippen molar-refractivity contribution in [3.63, 3.8) is 0 Å². The van der Waals surface area contributed by atoms with Crippen molar-refractivity contribution < 1.29 is 15.8 Å². The van der Waals surface area contributed by atoms with Crippen molar-refractivity contribution >= 4 is 27.8 Å². The second-order valence-electron chi connectivity index (χ2n) is 7.76. The highest BCUT2D eigenvalue weighted by atomic mass is 16.3. The van der Waals surface area contributed by atoms with Crippen LogP contribution in [0.3, 0.4) is 0 Å². The largest absolute Gasteiger partial charge is 0.435 e. The van der Waals surface area contributed by atoms with Crippen molar-refractivity contribution in [2.75, 3.05) is 25.4 Å². The van der Waals surface area contributed by atoms with E-state index in [0.29, 0.717) is 11.3 Å². The van der Waals surface area contributed by atoms with Gasteiger partial charge in [0.1, 0.15) is 6.50 Å². The van der Waals surface area contributed by atoms with Crippen LogP contribution in [0.2, 0.25) is 0 Å². The van der Waals surface area contributed by atoms with E-state index in [0.717, 1.165) is 27.7 Å². The Labute approximate surface area is 156 Å². The van der Waals surface area contributed by atoms with Gasteiger partial charge in [-0.1, -0.05) is 12.1 Å². The molecule has 2 atom stereocenters. The summed E-state index contributed by atoms with van der Waals surface area (Å²) < 4.78 is 47.8. The van der Waals surface area contributed by atoms with Crippen molar-refractivity contribution in [3.05, 3.63) is 35.5 Å². The van der Waals surface area contributed by atoms with Crippen LogP contribution < -0.4 is 4.90 Å². The van der Waals surface area contributed by atoms with E-state index in [4.69, 9.17) is 11.3 Å². The van der Waals surface area contributed by atoms with Gasteiger partial charge in [0, 0.05) is 23.4 Å². The van der Waals surface area contributed by atoms with Crippen LogP contribution in [0.5, 0.6) is 0 Å². The molecule has 1 aliphatic rings. The number of nitrogens with zero attached hydrogens (tertiary/aromatic N) is 3. The molecule has 4 rings (SSSR count). The summed E-state index contributed by atoms with van der Waals surface area (Å²) in [7, 11) is 1.48.